The molecule has 0 spiro atoms. The number of benzene rings is 2. The van der Waals surface area contributed by atoms with Crippen molar-refractivity contribution in [2.24, 2.45) is 0 Å². The fourth-order valence-electron chi connectivity index (χ4n) is 2.60. The molecule has 0 aliphatic rings. The maximum absolute atomic E-state index is 11.7. The lowest BCUT2D eigenvalue weighted by Crippen LogP contribution is -2.05. The number of aromatic nitrogens is 2. The van der Waals surface area contributed by atoms with E-state index in [-0.39, 0.29) is 17.3 Å². The molecule has 27 heavy (non-hydrogen) atoms. The Hall–Kier alpha value is -3.48. The molecule has 3 rings (SSSR count). The first-order valence-corrected chi connectivity index (χ1v) is 8.64. The Labute approximate surface area is 157 Å². The van der Waals surface area contributed by atoms with Crippen LogP contribution >= 0.6 is 0 Å². The van der Waals surface area contributed by atoms with Crippen molar-refractivity contribution in [2.75, 3.05) is 10.6 Å². The highest BCUT2D eigenvalue weighted by Gasteiger charge is 2.23. The molecule has 7 nitrogen and oxygen atoms in total. The van der Waals surface area contributed by atoms with Crippen LogP contribution in [0.15, 0.2) is 54.9 Å². The second kappa shape index (κ2) is 7.82. The van der Waals surface area contributed by atoms with Crippen LogP contribution in [-0.4, -0.2) is 14.9 Å². The molecule has 0 bridgehead atoms. The van der Waals surface area contributed by atoms with Crippen LogP contribution in [0.1, 0.15) is 30.9 Å². The number of rotatable bonds is 6. The normalized spacial score (nSPS) is 10.7. The third-order valence-electron chi connectivity index (χ3n) is 4.16. The predicted molar refractivity (Wildman–Crippen MR) is 107 cm³/mol. The summed E-state index contributed by atoms with van der Waals surface area (Å²) >= 11 is 0. The molecule has 0 radical (unpaired) electrons. The Morgan fingerprint density at radius 1 is 0.889 bits per heavy atom. The van der Waals surface area contributed by atoms with Crippen LogP contribution in [0.4, 0.5) is 28.7 Å². The molecule has 1 aromatic heterocycles. The molecule has 0 unspecified atom stereocenters. The van der Waals surface area contributed by atoms with Crippen LogP contribution in [0.25, 0.3) is 0 Å². The molecule has 1 heterocycles. The zero-order valence-corrected chi connectivity index (χ0v) is 15.4. The molecule has 0 amide bonds. The van der Waals surface area contributed by atoms with Gasteiger partial charge in [0.05, 0.1) is 4.92 Å². The first-order chi connectivity index (χ1) is 12.9. The summed E-state index contributed by atoms with van der Waals surface area (Å²) in [7, 11) is 0. The molecule has 3 aromatic rings. The van der Waals surface area contributed by atoms with E-state index in [1.54, 1.807) is 0 Å². The van der Waals surface area contributed by atoms with Gasteiger partial charge in [-0.2, -0.15) is 0 Å². The number of hydrogen-bond donors (Lipinski definition) is 2. The van der Waals surface area contributed by atoms with Crippen LogP contribution in [-0.2, 0) is 0 Å². The summed E-state index contributed by atoms with van der Waals surface area (Å²) in [6, 6.07) is 15.3. The summed E-state index contributed by atoms with van der Waals surface area (Å²) in [5.41, 5.74) is 3.53. The van der Waals surface area contributed by atoms with Gasteiger partial charge in [-0.05, 0) is 42.7 Å². The van der Waals surface area contributed by atoms with Crippen LogP contribution in [0.3, 0.4) is 0 Å². The van der Waals surface area contributed by atoms with Crippen molar-refractivity contribution in [1.29, 1.82) is 0 Å². The number of aryl methyl sites for hydroxylation is 1. The minimum atomic E-state index is -0.485. The van der Waals surface area contributed by atoms with Gasteiger partial charge in [0.25, 0.3) is 0 Å². The van der Waals surface area contributed by atoms with E-state index in [4.69, 9.17) is 0 Å². The average molecular weight is 363 g/mol. The van der Waals surface area contributed by atoms with Crippen molar-refractivity contribution < 1.29 is 4.92 Å². The lowest BCUT2D eigenvalue weighted by atomic mass is 10.0. The van der Waals surface area contributed by atoms with E-state index in [1.165, 1.54) is 11.9 Å². The van der Waals surface area contributed by atoms with Crippen LogP contribution < -0.4 is 10.6 Å². The second-order valence-electron chi connectivity index (χ2n) is 6.57. The van der Waals surface area contributed by atoms with Gasteiger partial charge >= 0.3 is 5.69 Å². The van der Waals surface area contributed by atoms with Crippen molar-refractivity contribution in [1.82, 2.24) is 9.97 Å². The number of anilines is 4. The molecular weight excluding hydrogens is 342 g/mol. The van der Waals surface area contributed by atoms with Crippen molar-refractivity contribution in [3.8, 4) is 0 Å². The summed E-state index contributed by atoms with van der Waals surface area (Å²) in [5, 5.41) is 17.7. The van der Waals surface area contributed by atoms with E-state index in [2.05, 4.69) is 34.4 Å². The third kappa shape index (κ3) is 4.38. The lowest BCUT2D eigenvalue weighted by Gasteiger charge is -2.11. The third-order valence-corrected chi connectivity index (χ3v) is 4.16. The first-order valence-electron chi connectivity index (χ1n) is 8.64. The van der Waals surface area contributed by atoms with E-state index in [9.17, 15) is 10.1 Å². The Bertz CT molecular complexity index is 938. The molecule has 138 valence electrons. The summed E-state index contributed by atoms with van der Waals surface area (Å²) in [6.07, 6.45) is 1.30. The van der Waals surface area contributed by atoms with E-state index < -0.39 is 4.92 Å². The smallest absolute Gasteiger partial charge is 0.334 e. The molecule has 0 aliphatic carbocycles. The van der Waals surface area contributed by atoms with Crippen LogP contribution in [0.2, 0.25) is 0 Å². The Kier molecular flexibility index (Phi) is 5.30. The van der Waals surface area contributed by atoms with E-state index in [0.717, 1.165) is 16.9 Å². The van der Waals surface area contributed by atoms with Gasteiger partial charge in [0.1, 0.15) is 6.33 Å². The lowest BCUT2D eigenvalue weighted by molar-refractivity contribution is -0.383. The number of hydrogen-bond acceptors (Lipinski definition) is 6. The summed E-state index contributed by atoms with van der Waals surface area (Å²) in [5.74, 6) is 0.694. The maximum Gasteiger partial charge on any atom is 0.353 e. The maximum atomic E-state index is 11.7. The van der Waals surface area contributed by atoms with Gasteiger partial charge in [0.2, 0.25) is 11.6 Å². The van der Waals surface area contributed by atoms with Crippen LogP contribution in [0.5, 0.6) is 0 Å². The van der Waals surface area contributed by atoms with Gasteiger partial charge in [0.15, 0.2) is 0 Å². The molecule has 0 saturated carbocycles. The van der Waals surface area contributed by atoms with Crippen molar-refractivity contribution in [3.63, 3.8) is 0 Å². The minimum Gasteiger partial charge on any atom is -0.334 e. The van der Waals surface area contributed by atoms with Gasteiger partial charge in [-0.15, -0.1) is 0 Å². The first kappa shape index (κ1) is 18.3. The largest absolute Gasteiger partial charge is 0.353 e. The highest BCUT2D eigenvalue weighted by atomic mass is 16.6. The van der Waals surface area contributed by atoms with Gasteiger partial charge in [0, 0.05) is 11.4 Å². The fourth-order valence-corrected chi connectivity index (χ4v) is 2.60. The monoisotopic (exact) mass is 363 g/mol. The molecule has 7 heteroatoms. The summed E-state index contributed by atoms with van der Waals surface area (Å²) < 4.78 is 0. The minimum absolute atomic E-state index is 0.139. The number of nitrogens with zero attached hydrogens (tertiary/aromatic N) is 3. The molecular formula is C20H21N5O2. The molecule has 2 N–H and O–H groups in total. The SMILES string of the molecule is Cc1ccc(Nc2ncnc(Nc3ccc(C(C)C)cc3)c2[N+](=O)[O-])cc1. The number of nitro groups is 1. The van der Waals surface area contributed by atoms with Crippen molar-refractivity contribution in [2.45, 2.75) is 26.7 Å². The molecule has 0 aliphatic heterocycles. The summed E-state index contributed by atoms with van der Waals surface area (Å²) in [6.45, 7) is 6.20. The Morgan fingerprint density at radius 2 is 1.37 bits per heavy atom. The van der Waals surface area contributed by atoms with Gasteiger partial charge < -0.3 is 10.6 Å². The zero-order chi connectivity index (χ0) is 19.4. The fraction of sp³-hybridized carbons (Fsp3) is 0.200. The standard InChI is InChI=1S/C20H21N5O2/c1-13(2)15-6-10-17(11-7-15)24-20-18(25(26)27)19(21-12-22-20)23-16-8-4-14(3)5-9-16/h4-13H,1-3H3,(H2,21,22,23,24). The molecule has 0 saturated heterocycles. The van der Waals surface area contributed by atoms with Gasteiger partial charge in [-0.1, -0.05) is 43.7 Å². The second-order valence-corrected chi connectivity index (χ2v) is 6.57. The molecule has 0 atom stereocenters. The topological polar surface area (TPSA) is 93.0 Å². The highest BCUT2D eigenvalue weighted by molar-refractivity contribution is 5.76. The summed E-state index contributed by atoms with van der Waals surface area (Å²) in [4.78, 5) is 19.3. The Morgan fingerprint density at radius 3 is 1.81 bits per heavy atom. The van der Waals surface area contributed by atoms with Gasteiger partial charge in [-0.3, -0.25) is 10.1 Å². The van der Waals surface area contributed by atoms with Crippen molar-refractivity contribution >= 4 is 28.7 Å². The van der Waals surface area contributed by atoms with Crippen molar-refractivity contribution in [3.05, 3.63) is 76.1 Å². The molecule has 2 aromatic carbocycles. The van der Waals surface area contributed by atoms with Gasteiger partial charge in [-0.25, -0.2) is 9.97 Å². The van der Waals surface area contributed by atoms with E-state index in [0.29, 0.717) is 5.92 Å². The predicted octanol–water partition coefficient (Wildman–Crippen LogP) is 5.30. The Balaban J connectivity index is 1.91. The van der Waals surface area contributed by atoms with E-state index >= 15 is 0 Å². The zero-order valence-electron chi connectivity index (χ0n) is 15.4. The quantitative estimate of drug-likeness (QED) is 0.456. The van der Waals surface area contributed by atoms with Crippen LogP contribution in [0, 0.1) is 17.0 Å². The highest BCUT2D eigenvalue weighted by Crippen LogP contribution is 2.33. The molecule has 0 fully saturated rings. The average Bonchev–Trinajstić information content (AvgIpc) is 2.64. The van der Waals surface area contributed by atoms with E-state index in [1.807, 2.05) is 55.5 Å². The number of nitrogens with one attached hydrogen (secondary N) is 2.